The molecule has 3 heterocycles. The summed E-state index contributed by atoms with van der Waals surface area (Å²) in [4.78, 5) is 6.70. The normalized spacial score (nSPS) is 18.8. The molecule has 0 unspecified atom stereocenters. The molecule has 2 aliphatic rings. The molecule has 0 radical (unpaired) electrons. The van der Waals surface area contributed by atoms with Crippen LogP contribution in [0.1, 0.15) is 44.2 Å². The second-order valence-corrected chi connectivity index (χ2v) is 14.5. The van der Waals surface area contributed by atoms with Crippen molar-refractivity contribution in [3.63, 3.8) is 0 Å². The van der Waals surface area contributed by atoms with Crippen LogP contribution in [0.15, 0.2) is 36.5 Å². The Morgan fingerprint density at radius 2 is 1.85 bits per heavy atom. The van der Waals surface area contributed by atoms with Crippen LogP contribution in [0.5, 0.6) is 5.75 Å². The highest BCUT2D eigenvalue weighted by Crippen LogP contribution is 2.41. The van der Waals surface area contributed by atoms with E-state index in [-0.39, 0.29) is 11.4 Å². The van der Waals surface area contributed by atoms with Gasteiger partial charge < -0.3 is 4.74 Å². The topological polar surface area (TPSA) is 59.5 Å². The molecule has 2 aliphatic heterocycles. The van der Waals surface area contributed by atoms with E-state index in [0.717, 1.165) is 55.8 Å². The third-order valence-corrected chi connectivity index (χ3v) is 9.14. The van der Waals surface area contributed by atoms with Gasteiger partial charge in [0.25, 0.3) is 0 Å². The molecule has 0 N–H and O–H groups in total. The largest absolute Gasteiger partial charge is 0.487 e. The number of likely N-dealkylation sites (tertiary alicyclic amines) is 1. The molecule has 2 aromatic rings. The van der Waals surface area contributed by atoms with E-state index in [1.165, 1.54) is 5.56 Å². The van der Waals surface area contributed by atoms with Gasteiger partial charge in [-0.1, -0.05) is 40.9 Å². The van der Waals surface area contributed by atoms with Gasteiger partial charge in [-0.15, -0.1) is 0 Å². The molecule has 0 atom stereocenters. The van der Waals surface area contributed by atoms with Crippen molar-refractivity contribution in [2.75, 3.05) is 19.6 Å². The molecule has 1 saturated heterocycles. The first kappa shape index (κ1) is 25.1. The summed E-state index contributed by atoms with van der Waals surface area (Å²) in [6.07, 6.45) is 5.39. The summed E-state index contributed by atoms with van der Waals surface area (Å²) in [6, 6.07) is 9.91. The average molecular weight is 532 g/mol. The minimum atomic E-state index is -3.15. The first-order valence-electron chi connectivity index (χ1n) is 11.2. The van der Waals surface area contributed by atoms with Crippen LogP contribution >= 0.6 is 34.8 Å². The van der Waals surface area contributed by atoms with Crippen molar-refractivity contribution in [3.8, 4) is 17.0 Å². The number of hydrogen-bond donors (Lipinski definition) is 0. The summed E-state index contributed by atoms with van der Waals surface area (Å²) in [5.41, 5.74) is 3.56. The molecular weight excluding hydrogens is 503 g/mol. The Kier molecular flexibility index (Phi) is 7.24. The number of alkyl halides is 3. The molecule has 0 saturated carbocycles. The predicted octanol–water partition coefficient (Wildman–Crippen LogP) is 5.60. The summed E-state index contributed by atoms with van der Waals surface area (Å²) in [5.74, 6) is 0.941. The Morgan fingerprint density at radius 1 is 1.12 bits per heavy atom. The Balaban J connectivity index is 1.43. The van der Waals surface area contributed by atoms with Crippen molar-refractivity contribution < 1.29 is 13.2 Å². The fourth-order valence-corrected chi connectivity index (χ4v) is 5.96. The van der Waals surface area contributed by atoms with Crippen LogP contribution in [0.2, 0.25) is 0 Å². The van der Waals surface area contributed by atoms with Gasteiger partial charge in [0.05, 0.1) is 16.7 Å². The zero-order valence-electron chi connectivity index (χ0n) is 18.9. The number of pyridine rings is 1. The number of ether oxygens (including phenoxy) is 1. The lowest BCUT2D eigenvalue weighted by Crippen LogP contribution is -2.51. The Hall–Kier alpha value is -1.05. The van der Waals surface area contributed by atoms with Crippen molar-refractivity contribution in [1.82, 2.24) is 9.88 Å². The molecule has 0 bridgehead atoms. The molecule has 0 aliphatic carbocycles. The molecule has 9 heteroatoms. The summed E-state index contributed by atoms with van der Waals surface area (Å²) < 4.78 is 29.6. The van der Waals surface area contributed by atoms with Gasteiger partial charge in [-0.2, -0.15) is 0 Å². The third kappa shape index (κ3) is 6.15. The maximum atomic E-state index is 12.2. The van der Waals surface area contributed by atoms with E-state index in [4.69, 9.17) is 39.5 Å². The standard InChI is InChI=1S/C24H29Cl3N2O3S/c1-17(2)33(30,31)15-18-3-5-21(28-14-18)19-4-6-22-20(13-19)7-8-23(32-22)9-11-29(12-10-23)16-24(25,26)27/h3-6,13-14,17H,7-12,15-16H2,1-2H3. The van der Waals surface area contributed by atoms with Crippen molar-refractivity contribution in [3.05, 3.63) is 47.7 Å². The van der Waals surface area contributed by atoms with Gasteiger partial charge in [0.2, 0.25) is 3.79 Å². The van der Waals surface area contributed by atoms with Crippen LogP contribution in [0.3, 0.4) is 0 Å². The van der Waals surface area contributed by atoms with E-state index in [9.17, 15) is 8.42 Å². The van der Waals surface area contributed by atoms with Gasteiger partial charge in [-0.3, -0.25) is 9.88 Å². The molecule has 1 spiro atoms. The van der Waals surface area contributed by atoms with Gasteiger partial charge in [0, 0.05) is 31.4 Å². The second-order valence-electron chi connectivity index (χ2n) is 9.41. The quantitative estimate of drug-likeness (QED) is 0.470. The summed E-state index contributed by atoms with van der Waals surface area (Å²) in [5, 5.41) is -0.400. The highest BCUT2D eigenvalue weighted by Gasteiger charge is 2.40. The van der Waals surface area contributed by atoms with E-state index in [2.05, 4.69) is 16.0 Å². The van der Waals surface area contributed by atoms with E-state index in [1.807, 2.05) is 24.3 Å². The van der Waals surface area contributed by atoms with Crippen molar-refractivity contribution in [2.45, 2.75) is 59.9 Å². The van der Waals surface area contributed by atoms with Crippen molar-refractivity contribution in [2.24, 2.45) is 0 Å². The number of aryl methyl sites for hydroxylation is 1. The van der Waals surface area contributed by atoms with Crippen LogP contribution in [-0.2, 0) is 22.0 Å². The molecule has 4 rings (SSSR count). The van der Waals surface area contributed by atoms with Crippen molar-refractivity contribution >= 4 is 44.6 Å². The number of fused-ring (bicyclic) bond motifs is 1. The van der Waals surface area contributed by atoms with Crippen LogP contribution in [0.4, 0.5) is 0 Å². The van der Waals surface area contributed by atoms with Crippen molar-refractivity contribution in [1.29, 1.82) is 0 Å². The average Bonchev–Trinajstić information content (AvgIpc) is 2.74. The summed E-state index contributed by atoms with van der Waals surface area (Å²) in [7, 11) is -3.15. The van der Waals surface area contributed by atoms with Gasteiger partial charge in [-0.25, -0.2) is 8.42 Å². The van der Waals surface area contributed by atoms with E-state index >= 15 is 0 Å². The number of aromatic nitrogens is 1. The van der Waals surface area contributed by atoms with Gasteiger partial charge in [0.15, 0.2) is 9.84 Å². The molecule has 33 heavy (non-hydrogen) atoms. The number of piperidine rings is 1. The number of sulfone groups is 1. The van der Waals surface area contributed by atoms with Gasteiger partial charge in [0.1, 0.15) is 11.4 Å². The first-order chi connectivity index (χ1) is 15.4. The number of nitrogens with zero attached hydrogens (tertiary/aromatic N) is 2. The minimum Gasteiger partial charge on any atom is -0.487 e. The Labute approximate surface area is 211 Å². The molecule has 5 nitrogen and oxygen atoms in total. The maximum absolute atomic E-state index is 12.2. The molecule has 1 aromatic carbocycles. The van der Waals surface area contributed by atoms with Crippen LogP contribution in [0, 0.1) is 0 Å². The molecule has 1 fully saturated rings. The minimum absolute atomic E-state index is 0.0111. The number of rotatable bonds is 5. The Bertz CT molecular complexity index is 1090. The molecule has 180 valence electrons. The second kappa shape index (κ2) is 9.54. The number of benzene rings is 1. The van der Waals surface area contributed by atoms with E-state index in [0.29, 0.717) is 12.1 Å². The van der Waals surface area contributed by atoms with Crippen LogP contribution in [0.25, 0.3) is 11.3 Å². The van der Waals surface area contributed by atoms with Gasteiger partial charge >= 0.3 is 0 Å². The van der Waals surface area contributed by atoms with Crippen LogP contribution < -0.4 is 4.74 Å². The highest BCUT2D eigenvalue weighted by atomic mass is 35.6. The zero-order valence-corrected chi connectivity index (χ0v) is 21.9. The lowest BCUT2D eigenvalue weighted by atomic mass is 9.83. The molecular formula is C24H29Cl3N2O3S. The zero-order chi connectivity index (χ0) is 23.9. The number of hydrogen-bond acceptors (Lipinski definition) is 5. The van der Waals surface area contributed by atoms with E-state index < -0.39 is 18.9 Å². The third-order valence-electron chi connectivity index (χ3n) is 6.61. The summed E-state index contributed by atoms with van der Waals surface area (Å²) in [6.45, 7) is 5.53. The number of halogens is 3. The predicted molar refractivity (Wildman–Crippen MR) is 135 cm³/mol. The summed E-state index contributed by atoms with van der Waals surface area (Å²) >= 11 is 17.9. The molecule has 1 aromatic heterocycles. The maximum Gasteiger partial charge on any atom is 0.203 e. The monoisotopic (exact) mass is 530 g/mol. The SMILES string of the molecule is CC(C)S(=O)(=O)Cc1ccc(-c2ccc3c(c2)CCC2(CCN(CC(Cl)(Cl)Cl)CC2)O3)nc1. The molecule has 0 amide bonds. The fraction of sp³-hybridized carbons (Fsp3) is 0.542. The lowest BCUT2D eigenvalue weighted by molar-refractivity contribution is -0.0139. The lowest BCUT2D eigenvalue weighted by Gasteiger charge is -2.45. The van der Waals surface area contributed by atoms with Crippen LogP contribution in [-0.4, -0.2) is 52.6 Å². The first-order valence-corrected chi connectivity index (χ1v) is 14.1. The highest BCUT2D eigenvalue weighted by molar-refractivity contribution is 7.91. The Morgan fingerprint density at radius 3 is 2.45 bits per heavy atom. The smallest absolute Gasteiger partial charge is 0.203 e. The van der Waals surface area contributed by atoms with E-state index in [1.54, 1.807) is 20.0 Å². The van der Waals surface area contributed by atoms with Gasteiger partial charge in [-0.05, 0) is 74.9 Å². The fourth-order valence-electron chi connectivity index (χ4n) is 4.48.